The molecule has 0 saturated heterocycles. The van der Waals surface area contributed by atoms with E-state index in [1.54, 1.807) is 43.9 Å². The number of anilines is 1. The molecule has 3 aliphatic carbocycles. The Hall–Kier alpha value is -3.28. The van der Waals surface area contributed by atoms with Crippen LogP contribution in [0.1, 0.15) is 52.9 Å². The van der Waals surface area contributed by atoms with Gasteiger partial charge in [0.05, 0.1) is 28.9 Å². The number of carbonyl (C=O) groups is 3. The van der Waals surface area contributed by atoms with Gasteiger partial charge in [-0.25, -0.2) is 4.39 Å². The van der Waals surface area contributed by atoms with Crippen LogP contribution in [0.2, 0.25) is 10.0 Å². The van der Waals surface area contributed by atoms with E-state index in [1.165, 1.54) is 12.1 Å². The van der Waals surface area contributed by atoms with Crippen molar-refractivity contribution < 1.29 is 38.1 Å². The number of esters is 1. The first-order valence-corrected chi connectivity index (χ1v) is 15.2. The minimum Gasteiger partial charge on any atom is -0.484 e. The molecule has 1 unspecified atom stereocenters. The number of nitrogens with zero attached hydrogens (tertiary/aromatic N) is 1. The number of fused-ring (bicyclic) bond motifs is 4. The normalized spacial score (nSPS) is 25.8. The van der Waals surface area contributed by atoms with Gasteiger partial charge < -0.3 is 34.9 Å². The number of amides is 2. The summed E-state index contributed by atoms with van der Waals surface area (Å²) in [5.74, 6) is -1.34. The molecule has 1 heterocycles. The lowest BCUT2D eigenvalue weighted by Gasteiger charge is -2.56. The van der Waals surface area contributed by atoms with Gasteiger partial charge in [-0.3, -0.25) is 14.4 Å². The third-order valence-corrected chi connectivity index (χ3v) is 8.85. The highest BCUT2D eigenvalue weighted by Crippen LogP contribution is 2.47. The summed E-state index contributed by atoms with van der Waals surface area (Å²) >= 11 is 11.9. The SMILES string of the molecule is CC(C)(C)OC(=O)CN1CC(C(=O)NC23CCC(NC(=O)COc4ccc(Cl)c(F)c4)(CC2)[C@H](O)C3)Oc2ccc(Cl)cc21. The van der Waals surface area contributed by atoms with Gasteiger partial charge in [0.2, 0.25) is 0 Å². The smallest absolute Gasteiger partial charge is 0.326 e. The largest absolute Gasteiger partial charge is 0.484 e. The Kier molecular flexibility index (Phi) is 8.94. The van der Waals surface area contributed by atoms with Crippen molar-refractivity contribution in [3.05, 3.63) is 52.3 Å². The number of halogens is 3. The van der Waals surface area contributed by atoms with Crippen LogP contribution in [0.5, 0.6) is 11.5 Å². The molecule has 0 radical (unpaired) electrons. The topological polar surface area (TPSA) is 126 Å². The molecule has 0 spiro atoms. The molecule has 3 N–H and O–H groups in total. The molecule has 4 aliphatic rings. The fourth-order valence-electron chi connectivity index (χ4n) is 6.18. The second-order valence-electron chi connectivity index (χ2n) is 12.7. The Labute approximate surface area is 265 Å². The van der Waals surface area contributed by atoms with Gasteiger partial charge in [0.1, 0.15) is 29.5 Å². The van der Waals surface area contributed by atoms with Gasteiger partial charge in [-0.1, -0.05) is 23.2 Å². The Bertz CT molecular complexity index is 1440. The summed E-state index contributed by atoms with van der Waals surface area (Å²) in [5.41, 5.74) is -1.62. The number of hydrogen-bond acceptors (Lipinski definition) is 8. The van der Waals surface area contributed by atoms with Crippen molar-refractivity contribution in [1.29, 1.82) is 0 Å². The van der Waals surface area contributed by atoms with Crippen LogP contribution in [0.15, 0.2) is 36.4 Å². The minimum absolute atomic E-state index is 0.0493. The monoisotopic (exact) mass is 651 g/mol. The van der Waals surface area contributed by atoms with Crippen molar-refractivity contribution in [2.75, 3.05) is 24.6 Å². The Morgan fingerprint density at radius 1 is 1.09 bits per heavy atom. The van der Waals surface area contributed by atoms with Crippen LogP contribution >= 0.6 is 23.2 Å². The van der Waals surface area contributed by atoms with E-state index in [9.17, 15) is 23.9 Å². The van der Waals surface area contributed by atoms with Crippen molar-refractivity contribution in [3.63, 3.8) is 0 Å². The third-order valence-electron chi connectivity index (χ3n) is 8.31. The molecule has 10 nitrogen and oxygen atoms in total. The first-order chi connectivity index (χ1) is 20.7. The molecule has 3 saturated carbocycles. The number of carbonyl (C=O) groups excluding carboxylic acids is 3. The average molecular weight is 653 g/mol. The van der Waals surface area contributed by atoms with Crippen LogP contribution in [0, 0.1) is 5.82 Å². The summed E-state index contributed by atoms with van der Waals surface area (Å²) in [4.78, 5) is 40.7. The number of rotatable bonds is 8. The standard InChI is InChI=1S/C31H36Cl2FN3O7/c1-29(2,3)44-27(40)16-37-15-24(43-23-7-4-18(32)12-22(23)37)28(41)36-30-8-10-31(11-9-30,25(38)14-30)35-26(39)17-42-19-5-6-20(33)21(34)13-19/h4-7,12-13,24-25,38H,8-11,14-17H2,1-3H3,(H,35,39)(H,36,41)/t24?,25-,30?,31?/m1/s1. The lowest BCUT2D eigenvalue weighted by molar-refractivity contribution is -0.153. The van der Waals surface area contributed by atoms with E-state index in [4.69, 9.17) is 37.4 Å². The summed E-state index contributed by atoms with van der Waals surface area (Å²) in [6.07, 6.45) is 0.324. The van der Waals surface area contributed by atoms with Crippen LogP contribution in [0.4, 0.5) is 10.1 Å². The molecule has 6 rings (SSSR count). The van der Waals surface area contributed by atoms with Crippen LogP contribution in [0.3, 0.4) is 0 Å². The third kappa shape index (κ3) is 7.16. The van der Waals surface area contributed by atoms with Crippen LogP contribution in [-0.2, 0) is 19.1 Å². The molecule has 238 valence electrons. The number of aliphatic hydroxyl groups excluding tert-OH is 1. The quantitative estimate of drug-likeness (QED) is 0.363. The Morgan fingerprint density at radius 2 is 1.82 bits per heavy atom. The molecule has 2 amide bonds. The van der Waals surface area contributed by atoms with E-state index >= 15 is 0 Å². The number of aliphatic hydroxyl groups is 1. The molecule has 3 fully saturated rings. The zero-order chi connectivity index (χ0) is 31.9. The molecular weight excluding hydrogens is 616 g/mol. The number of benzene rings is 2. The molecule has 13 heteroatoms. The summed E-state index contributed by atoms with van der Waals surface area (Å²) in [6, 6.07) is 8.89. The predicted octanol–water partition coefficient (Wildman–Crippen LogP) is 4.17. The molecule has 2 aromatic carbocycles. The highest BCUT2D eigenvalue weighted by Gasteiger charge is 2.55. The number of ether oxygens (including phenoxy) is 3. The van der Waals surface area contributed by atoms with Crippen LogP contribution in [0.25, 0.3) is 0 Å². The zero-order valence-electron chi connectivity index (χ0n) is 24.8. The maximum absolute atomic E-state index is 13.7. The zero-order valence-corrected chi connectivity index (χ0v) is 26.3. The van der Waals surface area contributed by atoms with E-state index in [1.807, 2.05) is 0 Å². The highest BCUT2D eigenvalue weighted by molar-refractivity contribution is 6.31. The van der Waals surface area contributed by atoms with Gasteiger partial charge >= 0.3 is 5.97 Å². The van der Waals surface area contributed by atoms with Crippen molar-refractivity contribution in [3.8, 4) is 11.5 Å². The van der Waals surface area contributed by atoms with E-state index in [0.29, 0.717) is 42.1 Å². The van der Waals surface area contributed by atoms with Crippen LogP contribution in [-0.4, -0.2) is 71.5 Å². The van der Waals surface area contributed by atoms with Crippen molar-refractivity contribution in [1.82, 2.24) is 10.6 Å². The fourth-order valence-corrected chi connectivity index (χ4v) is 6.46. The van der Waals surface area contributed by atoms with Gasteiger partial charge in [-0.05, 0) is 83.2 Å². The van der Waals surface area contributed by atoms with Crippen molar-refractivity contribution in [2.24, 2.45) is 0 Å². The molecule has 44 heavy (non-hydrogen) atoms. The Morgan fingerprint density at radius 3 is 2.48 bits per heavy atom. The van der Waals surface area contributed by atoms with E-state index in [-0.39, 0.29) is 42.8 Å². The lowest BCUT2D eigenvalue weighted by Crippen LogP contribution is -2.71. The second-order valence-corrected chi connectivity index (χ2v) is 13.6. The maximum atomic E-state index is 13.7. The summed E-state index contributed by atoms with van der Waals surface area (Å²) in [7, 11) is 0. The second kappa shape index (κ2) is 12.3. The maximum Gasteiger partial charge on any atom is 0.326 e. The van der Waals surface area contributed by atoms with Crippen molar-refractivity contribution in [2.45, 2.75) is 81.8 Å². The molecule has 0 aromatic heterocycles. The van der Waals surface area contributed by atoms with E-state index < -0.39 is 46.6 Å². The van der Waals surface area contributed by atoms with Gasteiger partial charge in [0.25, 0.3) is 11.8 Å². The molecule has 2 aromatic rings. The number of nitrogens with one attached hydrogen (secondary N) is 2. The molecule has 2 atom stereocenters. The van der Waals surface area contributed by atoms with Gasteiger partial charge in [0, 0.05) is 16.6 Å². The van der Waals surface area contributed by atoms with Gasteiger partial charge in [-0.2, -0.15) is 0 Å². The predicted molar refractivity (Wildman–Crippen MR) is 162 cm³/mol. The van der Waals surface area contributed by atoms with Gasteiger partial charge in [-0.15, -0.1) is 0 Å². The molecule has 1 aliphatic heterocycles. The van der Waals surface area contributed by atoms with Gasteiger partial charge in [0.15, 0.2) is 12.7 Å². The average Bonchev–Trinajstić information content (AvgIpc) is 2.93. The first-order valence-electron chi connectivity index (χ1n) is 14.5. The summed E-state index contributed by atoms with van der Waals surface area (Å²) in [6.45, 7) is 4.98. The highest BCUT2D eigenvalue weighted by atomic mass is 35.5. The summed E-state index contributed by atoms with van der Waals surface area (Å²) in [5, 5.41) is 17.6. The minimum atomic E-state index is -0.930. The number of hydrogen-bond donors (Lipinski definition) is 3. The summed E-state index contributed by atoms with van der Waals surface area (Å²) < 4.78 is 30.6. The van der Waals surface area contributed by atoms with Crippen LogP contribution < -0.4 is 25.0 Å². The molecule has 2 bridgehead atoms. The van der Waals surface area contributed by atoms with E-state index in [2.05, 4.69) is 10.6 Å². The molecular formula is C31H36Cl2FN3O7. The lowest BCUT2D eigenvalue weighted by atomic mass is 9.60. The Balaban J connectivity index is 1.20. The van der Waals surface area contributed by atoms with Crippen molar-refractivity contribution >= 4 is 46.7 Å². The first kappa shape index (κ1) is 32.1. The fraction of sp³-hybridized carbons (Fsp3) is 0.516. The van der Waals surface area contributed by atoms with E-state index in [0.717, 1.165) is 6.07 Å².